The Hall–Kier alpha value is -1.03. The summed E-state index contributed by atoms with van der Waals surface area (Å²) in [6, 6.07) is 3.74. The van der Waals surface area contributed by atoms with E-state index < -0.39 is 0 Å². The van der Waals surface area contributed by atoms with E-state index in [-0.39, 0.29) is 0 Å². The Morgan fingerprint density at radius 3 is 2.73 bits per heavy atom. The van der Waals surface area contributed by atoms with Crippen molar-refractivity contribution < 1.29 is 9.47 Å². The van der Waals surface area contributed by atoms with E-state index in [2.05, 4.69) is 27.0 Å². The molecule has 0 aromatic carbocycles. The largest absolute Gasteiger partial charge is 0.481 e. The Morgan fingerprint density at radius 2 is 2.13 bits per heavy atom. The van der Waals surface area contributed by atoms with Crippen LogP contribution in [0.5, 0.6) is 11.8 Å². The van der Waals surface area contributed by atoms with Crippen LogP contribution in [0, 0.1) is 0 Å². The summed E-state index contributed by atoms with van der Waals surface area (Å²) in [6.07, 6.45) is 5.04. The van der Waals surface area contributed by atoms with Crippen LogP contribution in [-0.4, -0.2) is 24.5 Å². The van der Waals surface area contributed by atoms with Crippen molar-refractivity contribution in [2.24, 2.45) is 0 Å². The van der Waals surface area contributed by atoms with Crippen molar-refractivity contribution in [3.63, 3.8) is 0 Å². The van der Waals surface area contributed by atoms with Gasteiger partial charge in [-0.25, -0.2) is 0 Å². The van der Waals surface area contributed by atoms with Crippen molar-refractivity contribution >= 4 is 22.0 Å². The number of hydrogen-bond donors (Lipinski definition) is 0. The number of nitrogens with zero attached hydrogens (tertiary/aromatic N) is 1. The number of alkyl halides is 1. The number of ether oxygens (including phenoxy) is 2. The molecule has 1 aromatic rings. The van der Waals surface area contributed by atoms with Gasteiger partial charge in [-0.05, 0) is 12.5 Å². The molecule has 1 rings (SSSR count). The van der Waals surface area contributed by atoms with Crippen LogP contribution in [-0.2, 0) is 0 Å². The third-order valence-corrected chi connectivity index (χ3v) is 2.30. The number of aromatic nitrogens is 1. The Labute approximate surface area is 98.2 Å². The van der Waals surface area contributed by atoms with Crippen molar-refractivity contribution in [2.45, 2.75) is 6.42 Å². The van der Waals surface area contributed by atoms with Crippen LogP contribution in [0.2, 0.25) is 0 Å². The van der Waals surface area contributed by atoms with Gasteiger partial charge in [0.1, 0.15) is 0 Å². The molecule has 3 nitrogen and oxygen atoms in total. The molecule has 0 spiro atoms. The minimum absolute atomic E-state index is 0.560. The van der Waals surface area contributed by atoms with Gasteiger partial charge in [0.15, 0.2) is 0 Å². The van der Waals surface area contributed by atoms with E-state index in [1.807, 2.05) is 18.2 Å². The zero-order chi connectivity index (χ0) is 11.1. The van der Waals surface area contributed by atoms with Gasteiger partial charge in [-0.15, -0.1) is 0 Å². The normalized spacial score (nSPS) is 10.6. The van der Waals surface area contributed by atoms with E-state index in [0.29, 0.717) is 11.8 Å². The molecule has 0 fully saturated rings. The molecule has 0 atom stereocenters. The predicted octanol–water partition coefficient (Wildman–Crippen LogP) is 2.90. The maximum Gasteiger partial charge on any atom is 0.223 e. The average Bonchev–Trinajstić information content (AvgIpc) is 2.29. The van der Waals surface area contributed by atoms with Crippen LogP contribution in [0.4, 0.5) is 0 Å². The second-order valence-electron chi connectivity index (χ2n) is 2.83. The minimum Gasteiger partial charge on any atom is -0.481 e. The molecule has 4 heteroatoms. The third-order valence-electron chi connectivity index (χ3n) is 1.84. The standard InChI is InChI=1S/C11H14BrNO2/c1-14-10-7-6-9(5-3-4-8-12)11(13-10)15-2/h3,5-7H,4,8H2,1-2H3. The second-order valence-corrected chi connectivity index (χ2v) is 3.63. The molecule has 0 aliphatic heterocycles. The summed E-state index contributed by atoms with van der Waals surface area (Å²) in [5.74, 6) is 1.14. The van der Waals surface area contributed by atoms with Crippen LogP contribution in [0.1, 0.15) is 12.0 Å². The van der Waals surface area contributed by atoms with Crippen LogP contribution < -0.4 is 9.47 Å². The van der Waals surface area contributed by atoms with E-state index in [1.165, 1.54) is 0 Å². The Kier molecular flexibility index (Phi) is 5.18. The third kappa shape index (κ3) is 3.55. The Morgan fingerprint density at radius 1 is 1.33 bits per heavy atom. The SMILES string of the molecule is COc1ccc(C=CCCBr)c(OC)n1. The van der Waals surface area contributed by atoms with Gasteiger partial charge in [0.25, 0.3) is 0 Å². The van der Waals surface area contributed by atoms with E-state index in [9.17, 15) is 0 Å². The maximum atomic E-state index is 5.16. The molecule has 0 aliphatic rings. The number of hydrogen-bond acceptors (Lipinski definition) is 3. The molecule has 15 heavy (non-hydrogen) atoms. The van der Waals surface area contributed by atoms with Gasteiger partial charge >= 0.3 is 0 Å². The highest BCUT2D eigenvalue weighted by atomic mass is 79.9. The number of rotatable bonds is 5. The van der Waals surface area contributed by atoms with Gasteiger partial charge in [0.05, 0.1) is 14.2 Å². The fourth-order valence-electron chi connectivity index (χ4n) is 1.11. The van der Waals surface area contributed by atoms with Crippen LogP contribution in [0.25, 0.3) is 6.08 Å². The molecule has 1 aromatic heterocycles. The fraction of sp³-hybridized carbons (Fsp3) is 0.364. The lowest BCUT2D eigenvalue weighted by Crippen LogP contribution is -1.94. The topological polar surface area (TPSA) is 31.4 Å². The highest BCUT2D eigenvalue weighted by Crippen LogP contribution is 2.20. The summed E-state index contributed by atoms with van der Waals surface area (Å²) in [5.41, 5.74) is 0.958. The van der Waals surface area contributed by atoms with Crippen molar-refractivity contribution in [2.75, 3.05) is 19.5 Å². The van der Waals surface area contributed by atoms with E-state index in [4.69, 9.17) is 9.47 Å². The van der Waals surface area contributed by atoms with E-state index in [0.717, 1.165) is 17.3 Å². The Bertz CT molecular complexity index is 339. The number of pyridine rings is 1. The predicted molar refractivity (Wildman–Crippen MR) is 64.8 cm³/mol. The lowest BCUT2D eigenvalue weighted by atomic mass is 10.2. The molecule has 0 N–H and O–H groups in total. The summed E-state index contributed by atoms with van der Waals surface area (Å²) in [7, 11) is 3.19. The minimum atomic E-state index is 0.560. The van der Waals surface area contributed by atoms with Gasteiger partial charge in [0, 0.05) is 17.0 Å². The van der Waals surface area contributed by atoms with Gasteiger partial charge in [0.2, 0.25) is 11.8 Å². The van der Waals surface area contributed by atoms with Gasteiger partial charge < -0.3 is 9.47 Å². The summed E-state index contributed by atoms with van der Waals surface area (Å²) >= 11 is 3.36. The summed E-state index contributed by atoms with van der Waals surface area (Å²) in [6.45, 7) is 0. The monoisotopic (exact) mass is 271 g/mol. The van der Waals surface area contributed by atoms with E-state index in [1.54, 1.807) is 14.2 Å². The van der Waals surface area contributed by atoms with Gasteiger partial charge in [-0.3, -0.25) is 0 Å². The van der Waals surface area contributed by atoms with Crippen molar-refractivity contribution in [3.8, 4) is 11.8 Å². The van der Waals surface area contributed by atoms with Crippen LogP contribution in [0.15, 0.2) is 18.2 Å². The zero-order valence-electron chi connectivity index (χ0n) is 8.87. The number of allylic oxidation sites excluding steroid dienone is 1. The summed E-state index contributed by atoms with van der Waals surface area (Å²) < 4.78 is 10.2. The lowest BCUT2D eigenvalue weighted by Gasteiger charge is -2.05. The molecule has 82 valence electrons. The second kappa shape index (κ2) is 6.45. The smallest absolute Gasteiger partial charge is 0.223 e. The average molecular weight is 272 g/mol. The van der Waals surface area contributed by atoms with Crippen molar-refractivity contribution in [1.82, 2.24) is 4.98 Å². The van der Waals surface area contributed by atoms with Crippen LogP contribution >= 0.6 is 15.9 Å². The lowest BCUT2D eigenvalue weighted by molar-refractivity contribution is 0.364. The van der Waals surface area contributed by atoms with Gasteiger partial charge in [-0.1, -0.05) is 28.1 Å². The molecule has 0 saturated heterocycles. The van der Waals surface area contributed by atoms with E-state index >= 15 is 0 Å². The quantitative estimate of drug-likeness (QED) is 0.772. The first-order chi connectivity index (χ1) is 7.31. The summed E-state index contributed by atoms with van der Waals surface area (Å²) in [4.78, 5) is 4.18. The highest BCUT2D eigenvalue weighted by molar-refractivity contribution is 9.09. The maximum absolute atomic E-state index is 5.16. The molecular formula is C11H14BrNO2. The van der Waals surface area contributed by atoms with Crippen molar-refractivity contribution in [3.05, 3.63) is 23.8 Å². The number of methoxy groups -OCH3 is 2. The molecule has 0 bridgehead atoms. The molecular weight excluding hydrogens is 258 g/mol. The summed E-state index contributed by atoms with van der Waals surface area (Å²) in [5, 5.41) is 0.954. The van der Waals surface area contributed by atoms with Crippen molar-refractivity contribution in [1.29, 1.82) is 0 Å². The molecule has 0 amide bonds. The molecule has 0 saturated carbocycles. The first-order valence-electron chi connectivity index (χ1n) is 4.63. The first kappa shape index (κ1) is 12.0. The number of halogens is 1. The molecule has 0 unspecified atom stereocenters. The fourth-order valence-corrected chi connectivity index (χ4v) is 1.38. The van der Waals surface area contributed by atoms with Crippen LogP contribution in [0.3, 0.4) is 0 Å². The molecule has 0 aliphatic carbocycles. The first-order valence-corrected chi connectivity index (χ1v) is 5.75. The molecule has 1 heterocycles. The molecule has 0 radical (unpaired) electrons. The van der Waals surface area contributed by atoms with Gasteiger partial charge in [-0.2, -0.15) is 4.98 Å². The Balaban J connectivity index is 2.87. The highest BCUT2D eigenvalue weighted by Gasteiger charge is 2.02. The zero-order valence-corrected chi connectivity index (χ0v) is 10.5.